The summed E-state index contributed by atoms with van der Waals surface area (Å²) in [5.41, 5.74) is 0. The predicted octanol–water partition coefficient (Wildman–Crippen LogP) is 19.3. The fourth-order valence-electron chi connectivity index (χ4n) is 8.16. The van der Waals surface area contributed by atoms with E-state index in [1.807, 2.05) is 21.6 Å². The van der Waals surface area contributed by atoms with Gasteiger partial charge in [-0.15, -0.1) is 0 Å². The highest BCUT2D eigenvalue weighted by atomic mass is 33.1. The standard InChI is InChI=1S/C54H114O6S2Si2/c1-7-13-19-25-31-37-45-55-63(56-46-38-32-26-20-14-8-2,57-47-39-33-27-21-15-9-3)53-43-51-61-62-52-44-54-64(58-48-40-34-28-22-16-10-4,59-49-41-35-29-23-17-11-5)60-50-42-36-30-24-18-12-6/h7-54H2,1-6H3. The van der Waals surface area contributed by atoms with Crippen LogP contribution in [0, 0.1) is 0 Å². The summed E-state index contributed by atoms with van der Waals surface area (Å²) in [6.07, 6.45) is 48.0. The Labute approximate surface area is 412 Å². The average Bonchev–Trinajstić information content (AvgIpc) is 3.30. The number of unbranched alkanes of at least 4 members (excludes halogenated alkanes) is 30. The molecular formula is C54H114O6S2Si2. The fraction of sp³-hybridized carbons (Fsp3) is 1.00. The van der Waals surface area contributed by atoms with Crippen molar-refractivity contribution < 1.29 is 26.6 Å². The van der Waals surface area contributed by atoms with E-state index in [2.05, 4.69) is 41.5 Å². The molecule has 0 heterocycles. The minimum atomic E-state index is -2.77. The van der Waals surface area contributed by atoms with Crippen LogP contribution in [0.4, 0.5) is 0 Å². The maximum Gasteiger partial charge on any atom is 0.500 e. The lowest BCUT2D eigenvalue weighted by Gasteiger charge is -2.30. The molecule has 0 atom stereocenters. The van der Waals surface area contributed by atoms with Crippen LogP contribution in [0.1, 0.15) is 286 Å². The molecule has 0 aromatic carbocycles. The summed E-state index contributed by atoms with van der Waals surface area (Å²) in [6, 6.07) is 1.87. The SMILES string of the molecule is CCCCCCCCO[Si](CCCSSCCC[Si](OCCCCCCCC)(OCCCCCCCC)OCCCCCCCC)(OCCCCCCCC)OCCCCCCCC. The van der Waals surface area contributed by atoms with Crippen LogP contribution >= 0.6 is 21.6 Å². The summed E-state index contributed by atoms with van der Waals surface area (Å²) in [5, 5.41) is 0. The Hall–Kier alpha value is 0.894. The first-order chi connectivity index (χ1) is 31.6. The molecule has 0 saturated heterocycles. The van der Waals surface area contributed by atoms with E-state index in [0.717, 1.165) is 115 Å². The third-order valence-electron chi connectivity index (χ3n) is 12.4. The van der Waals surface area contributed by atoms with Crippen molar-refractivity contribution in [1.29, 1.82) is 0 Å². The van der Waals surface area contributed by atoms with Gasteiger partial charge < -0.3 is 26.6 Å². The lowest BCUT2D eigenvalue weighted by molar-refractivity contribution is 0.0544. The zero-order chi connectivity index (χ0) is 46.6. The zero-order valence-corrected chi connectivity index (χ0v) is 47.8. The Kier molecular flexibility index (Phi) is 54.0. The van der Waals surface area contributed by atoms with Crippen LogP contribution in [0.5, 0.6) is 0 Å². The molecule has 0 aliphatic rings. The van der Waals surface area contributed by atoms with Crippen molar-refractivity contribution in [3.05, 3.63) is 0 Å². The molecule has 10 heteroatoms. The molecule has 0 radical (unpaired) electrons. The second-order valence-electron chi connectivity index (χ2n) is 18.9. The number of hydrogen-bond donors (Lipinski definition) is 0. The quantitative estimate of drug-likeness (QED) is 0.0339. The van der Waals surface area contributed by atoms with Crippen molar-refractivity contribution in [1.82, 2.24) is 0 Å². The minimum Gasteiger partial charge on any atom is -0.373 e. The Balaban J connectivity index is 5.50. The molecule has 0 rings (SSSR count). The Morgan fingerprint density at radius 2 is 0.391 bits per heavy atom. The summed E-state index contributed by atoms with van der Waals surface area (Å²) >= 11 is 0. The molecule has 0 amide bonds. The molecule has 0 aliphatic heterocycles. The lowest BCUT2D eigenvalue weighted by Crippen LogP contribution is -2.46. The third-order valence-corrected chi connectivity index (χ3v) is 20.8. The Bertz CT molecular complexity index is 719. The Morgan fingerprint density at radius 3 is 0.578 bits per heavy atom. The summed E-state index contributed by atoms with van der Waals surface area (Å²) < 4.78 is 41.1. The van der Waals surface area contributed by atoms with Gasteiger partial charge in [-0.25, -0.2) is 0 Å². The molecule has 0 aliphatic carbocycles. The molecule has 0 unspecified atom stereocenters. The van der Waals surface area contributed by atoms with Gasteiger partial charge in [0.2, 0.25) is 0 Å². The molecule has 0 N–H and O–H groups in total. The average molecular weight is 980 g/mol. The largest absolute Gasteiger partial charge is 0.500 e. The highest BCUT2D eigenvalue weighted by molar-refractivity contribution is 8.76. The maximum atomic E-state index is 6.84. The van der Waals surface area contributed by atoms with Crippen LogP contribution in [-0.4, -0.2) is 68.8 Å². The van der Waals surface area contributed by atoms with Crippen LogP contribution in [0.2, 0.25) is 12.1 Å². The van der Waals surface area contributed by atoms with E-state index in [1.54, 1.807) is 0 Å². The van der Waals surface area contributed by atoms with Gasteiger partial charge in [-0.2, -0.15) is 0 Å². The summed E-state index contributed by atoms with van der Waals surface area (Å²) in [7, 11) is -1.49. The molecular weight excluding hydrogens is 865 g/mol. The maximum absolute atomic E-state index is 6.84. The second-order valence-corrected chi connectivity index (χ2v) is 27.1. The number of rotatable bonds is 57. The normalized spacial score (nSPS) is 12.3. The first-order valence-electron chi connectivity index (χ1n) is 28.7. The van der Waals surface area contributed by atoms with Gasteiger partial charge in [0, 0.05) is 63.2 Å². The van der Waals surface area contributed by atoms with Crippen molar-refractivity contribution in [2.75, 3.05) is 51.1 Å². The summed E-state index contributed by atoms with van der Waals surface area (Å²) in [4.78, 5) is 0. The smallest absolute Gasteiger partial charge is 0.373 e. The molecule has 0 aromatic heterocycles. The van der Waals surface area contributed by atoms with Crippen LogP contribution in [0.25, 0.3) is 0 Å². The van der Waals surface area contributed by atoms with Gasteiger partial charge in [-0.1, -0.05) is 256 Å². The van der Waals surface area contributed by atoms with Crippen LogP contribution in [0.15, 0.2) is 0 Å². The molecule has 386 valence electrons. The molecule has 0 fully saturated rings. The molecule has 6 nitrogen and oxygen atoms in total. The van der Waals surface area contributed by atoms with Crippen LogP contribution in [-0.2, 0) is 26.6 Å². The summed E-state index contributed by atoms with van der Waals surface area (Å²) in [5.74, 6) is 2.20. The van der Waals surface area contributed by atoms with E-state index in [9.17, 15) is 0 Å². The predicted molar refractivity (Wildman–Crippen MR) is 291 cm³/mol. The highest BCUT2D eigenvalue weighted by Crippen LogP contribution is 2.30. The molecule has 64 heavy (non-hydrogen) atoms. The first-order valence-corrected chi connectivity index (χ1v) is 35.0. The molecule has 0 saturated carbocycles. The molecule has 0 spiro atoms. The van der Waals surface area contributed by atoms with Crippen molar-refractivity contribution in [3.8, 4) is 0 Å². The van der Waals surface area contributed by atoms with E-state index < -0.39 is 17.6 Å². The van der Waals surface area contributed by atoms with Crippen LogP contribution in [0.3, 0.4) is 0 Å². The van der Waals surface area contributed by atoms with Crippen molar-refractivity contribution in [2.45, 2.75) is 298 Å². The van der Waals surface area contributed by atoms with E-state index in [4.69, 9.17) is 26.6 Å². The van der Waals surface area contributed by atoms with Gasteiger partial charge in [0.25, 0.3) is 0 Å². The minimum absolute atomic E-state index is 0.779. The third kappa shape index (κ3) is 44.1. The topological polar surface area (TPSA) is 55.4 Å². The van der Waals surface area contributed by atoms with Gasteiger partial charge in [-0.3, -0.25) is 0 Å². The van der Waals surface area contributed by atoms with Crippen molar-refractivity contribution in [2.24, 2.45) is 0 Å². The highest BCUT2D eigenvalue weighted by Gasteiger charge is 2.42. The van der Waals surface area contributed by atoms with Gasteiger partial charge >= 0.3 is 17.6 Å². The van der Waals surface area contributed by atoms with Gasteiger partial charge in [0.05, 0.1) is 0 Å². The van der Waals surface area contributed by atoms with Gasteiger partial charge in [0.1, 0.15) is 0 Å². The Morgan fingerprint density at radius 1 is 0.219 bits per heavy atom. The second kappa shape index (κ2) is 53.2. The zero-order valence-electron chi connectivity index (χ0n) is 44.2. The monoisotopic (exact) mass is 979 g/mol. The lowest BCUT2D eigenvalue weighted by atomic mass is 10.1. The van der Waals surface area contributed by atoms with E-state index in [0.29, 0.717) is 0 Å². The van der Waals surface area contributed by atoms with Gasteiger partial charge in [0.15, 0.2) is 0 Å². The van der Waals surface area contributed by atoms with E-state index >= 15 is 0 Å². The van der Waals surface area contributed by atoms with E-state index in [-0.39, 0.29) is 0 Å². The van der Waals surface area contributed by atoms with E-state index in [1.165, 1.54) is 193 Å². The number of hydrogen-bond acceptors (Lipinski definition) is 8. The molecule has 0 bridgehead atoms. The van der Waals surface area contributed by atoms with Crippen molar-refractivity contribution in [3.63, 3.8) is 0 Å². The fourth-order valence-corrected chi connectivity index (χ4v) is 16.2. The van der Waals surface area contributed by atoms with Gasteiger partial charge in [-0.05, 0) is 51.4 Å². The molecule has 0 aromatic rings. The first kappa shape index (κ1) is 64.9. The summed E-state index contributed by atoms with van der Waals surface area (Å²) in [6.45, 7) is 18.4. The van der Waals surface area contributed by atoms with Crippen LogP contribution < -0.4 is 0 Å². The van der Waals surface area contributed by atoms with Crippen molar-refractivity contribution >= 4 is 39.2 Å².